The lowest BCUT2D eigenvalue weighted by atomic mass is 10.1. The minimum atomic E-state index is -0.591. The smallest absolute Gasteiger partial charge is 0.311 e. The Morgan fingerprint density at radius 1 is 1.21 bits per heavy atom. The highest BCUT2D eigenvalue weighted by molar-refractivity contribution is 6.32. The van der Waals surface area contributed by atoms with Crippen molar-refractivity contribution in [1.82, 2.24) is 0 Å². The van der Waals surface area contributed by atoms with E-state index in [9.17, 15) is 9.59 Å². The monoisotopic (exact) mass is 414 g/mol. The maximum absolute atomic E-state index is 12.5. The standard InChI is InChI=1S/C21H19ClN2O5/c1-27-18-9-19(28-2)17(8-16(18)22)24-11-15(7-20(24)25)21(26)29-12-14-5-3-13(10-23)4-6-14/h3-6,8-9,15H,7,11-12H2,1-2H3/t15-/m0/s1. The molecule has 150 valence electrons. The van der Waals surface area contributed by atoms with Gasteiger partial charge in [0.25, 0.3) is 0 Å². The fraction of sp³-hybridized carbons (Fsp3) is 0.286. The van der Waals surface area contributed by atoms with Crippen molar-refractivity contribution in [3.05, 3.63) is 52.5 Å². The fourth-order valence-corrected chi connectivity index (χ4v) is 3.34. The van der Waals surface area contributed by atoms with Gasteiger partial charge in [0.15, 0.2) is 0 Å². The number of hydrogen-bond acceptors (Lipinski definition) is 6. The van der Waals surface area contributed by atoms with Crippen molar-refractivity contribution in [3.8, 4) is 17.6 Å². The van der Waals surface area contributed by atoms with Crippen LogP contribution in [0.25, 0.3) is 0 Å². The average molecular weight is 415 g/mol. The van der Waals surface area contributed by atoms with Gasteiger partial charge in [-0.05, 0) is 23.8 Å². The zero-order chi connectivity index (χ0) is 21.0. The summed E-state index contributed by atoms with van der Waals surface area (Å²) in [6.07, 6.45) is 0.0407. The molecule has 2 aromatic carbocycles. The van der Waals surface area contributed by atoms with Crippen LogP contribution in [0.1, 0.15) is 17.5 Å². The van der Waals surface area contributed by atoms with Crippen molar-refractivity contribution in [2.75, 3.05) is 25.7 Å². The molecule has 0 spiro atoms. The van der Waals surface area contributed by atoms with E-state index in [4.69, 9.17) is 31.1 Å². The summed E-state index contributed by atoms with van der Waals surface area (Å²) in [6.45, 7) is 0.247. The lowest BCUT2D eigenvalue weighted by molar-refractivity contribution is -0.149. The third-order valence-electron chi connectivity index (χ3n) is 4.67. The summed E-state index contributed by atoms with van der Waals surface area (Å²) >= 11 is 6.19. The van der Waals surface area contributed by atoms with Crippen molar-refractivity contribution in [2.45, 2.75) is 13.0 Å². The summed E-state index contributed by atoms with van der Waals surface area (Å²) < 4.78 is 15.9. The number of rotatable bonds is 6. The van der Waals surface area contributed by atoms with E-state index in [1.165, 1.54) is 19.1 Å². The Bertz CT molecular complexity index is 968. The Morgan fingerprint density at radius 3 is 2.52 bits per heavy atom. The first-order valence-corrected chi connectivity index (χ1v) is 9.22. The van der Waals surface area contributed by atoms with Gasteiger partial charge in [-0.1, -0.05) is 23.7 Å². The number of carbonyl (C=O) groups excluding carboxylic acids is 2. The van der Waals surface area contributed by atoms with E-state index in [2.05, 4.69) is 0 Å². The molecule has 0 saturated carbocycles. The third-order valence-corrected chi connectivity index (χ3v) is 4.96. The second-order valence-electron chi connectivity index (χ2n) is 6.48. The van der Waals surface area contributed by atoms with Crippen LogP contribution in [0.4, 0.5) is 5.69 Å². The first kappa shape index (κ1) is 20.5. The highest BCUT2D eigenvalue weighted by Crippen LogP contribution is 2.40. The zero-order valence-corrected chi connectivity index (χ0v) is 16.7. The summed E-state index contributed by atoms with van der Waals surface area (Å²) in [5.41, 5.74) is 1.78. The molecule has 1 saturated heterocycles. The minimum absolute atomic E-state index is 0.0407. The van der Waals surface area contributed by atoms with Crippen LogP contribution in [0.5, 0.6) is 11.5 Å². The Hall–Kier alpha value is -3.24. The first-order valence-electron chi connectivity index (χ1n) is 8.84. The van der Waals surface area contributed by atoms with Crippen LogP contribution in [-0.4, -0.2) is 32.6 Å². The number of anilines is 1. The van der Waals surface area contributed by atoms with Gasteiger partial charge in [-0.2, -0.15) is 5.26 Å². The van der Waals surface area contributed by atoms with E-state index >= 15 is 0 Å². The number of methoxy groups -OCH3 is 2. The number of nitrogens with zero attached hydrogens (tertiary/aromatic N) is 2. The molecule has 0 aromatic heterocycles. The molecule has 1 aliphatic rings. The van der Waals surface area contributed by atoms with Crippen molar-refractivity contribution in [2.24, 2.45) is 5.92 Å². The number of esters is 1. The van der Waals surface area contributed by atoms with Crippen LogP contribution in [0.3, 0.4) is 0 Å². The lowest BCUT2D eigenvalue weighted by Gasteiger charge is -2.20. The van der Waals surface area contributed by atoms with Gasteiger partial charge in [0.2, 0.25) is 5.91 Å². The van der Waals surface area contributed by atoms with Gasteiger partial charge in [0.05, 0.1) is 42.5 Å². The topological polar surface area (TPSA) is 88.9 Å². The number of hydrogen-bond donors (Lipinski definition) is 0. The second-order valence-corrected chi connectivity index (χ2v) is 6.89. The van der Waals surface area contributed by atoms with Crippen molar-refractivity contribution < 1.29 is 23.8 Å². The van der Waals surface area contributed by atoms with E-state index in [1.54, 1.807) is 36.4 Å². The summed E-state index contributed by atoms with van der Waals surface area (Å²) in [7, 11) is 2.97. The molecule has 3 rings (SSSR count). The van der Waals surface area contributed by atoms with E-state index in [0.29, 0.717) is 27.8 Å². The Morgan fingerprint density at radius 2 is 1.90 bits per heavy atom. The normalized spacial score (nSPS) is 15.7. The summed E-state index contributed by atoms with van der Waals surface area (Å²) in [4.78, 5) is 26.5. The number of ether oxygens (including phenoxy) is 3. The van der Waals surface area contributed by atoms with Crippen LogP contribution in [0, 0.1) is 17.2 Å². The molecule has 0 unspecified atom stereocenters. The van der Waals surface area contributed by atoms with Gasteiger partial charge in [0, 0.05) is 19.0 Å². The third kappa shape index (κ3) is 4.44. The van der Waals surface area contributed by atoms with Gasteiger partial charge in [-0.25, -0.2) is 0 Å². The van der Waals surface area contributed by atoms with Crippen LogP contribution in [0.2, 0.25) is 5.02 Å². The maximum atomic E-state index is 12.5. The van der Waals surface area contributed by atoms with E-state index in [1.807, 2.05) is 6.07 Å². The van der Waals surface area contributed by atoms with Gasteiger partial charge < -0.3 is 19.1 Å². The number of amides is 1. The molecule has 8 heteroatoms. The summed E-state index contributed by atoms with van der Waals surface area (Å²) in [5.74, 6) is -0.413. The maximum Gasteiger partial charge on any atom is 0.311 e. The van der Waals surface area contributed by atoms with E-state index in [0.717, 1.165) is 5.56 Å². The lowest BCUT2D eigenvalue weighted by Crippen LogP contribution is -2.27. The van der Waals surface area contributed by atoms with Crippen LogP contribution < -0.4 is 14.4 Å². The average Bonchev–Trinajstić information content (AvgIpc) is 3.13. The fourth-order valence-electron chi connectivity index (χ4n) is 3.10. The quantitative estimate of drug-likeness (QED) is 0.673. The Labute approximate surface area is 173 Å². The molecule has 1 aliphatic heterocycles. The van der Waals surface area contributed by atoms with Crippen LogP contribution >= 0.6 is 11.6 Å². The first-order chi connectivity index (χ1) is 14.0. The molecule has 1 heterocycles. The molecule has 7 nitrogen and oxygen atoms in total. The molecule has 1 amide bonds. The van der Waals surface area contributed by atoms with Crippen molar-refractivity contribution >= 4 is 29.2 Å². The number of nitriles is 1. The molecule has 1 fully saturated rings. The minimum Gasteiger partial charge on any atom is -0.495 e. The van der Waals surface area contributed by atoms with Gasteiger partial charge in [-0.3, -0.25) is 9.59 Å². The predicted octanol–water partition coefficient (Wildman–Crippen LogP) is 3.33. The van der Waals surface area contributed by atoms with Crippen LogP contribution in [0.15, 0.2) is 36.4 Å². The summed E-state index contributed by atoms with van der Waals surface area (Å²) in [5, 5.41) is 9.16. The molecular formula is C21H19ClN2O5. The molecule has 0 bridgehead atoms. The van der Waals surface area contributed by atoms with E-state index in [-0.39, 0.29) is 25.5 Å². The predicted molar refractivity (Wildman–Crippen MR) is 106 cm³/mol. The zero-order valence-electron chi connectivity index (χ0n) is 16.0. The Kier molecular flexibility index (Phi) is 6.25. The number of benzene rings is 2. The van der Waals surface area contributed by atoms with Crippen molar-refractivity contribution in [1.29, 1.82) is 5.26 Å². The molecule has 2 aromatic rings. The van der Waals surface area contributed by atoms with Crippen molar-refractivity contribution in [3.63, 3.8) is 0 Å². The highest BCUT2D eigenvalue weighted by Gasteiger charge is 2.37. The molecule has 0 radical (unpaired) electrons. The van der Waals surface area contributed by atoms with E-state index < -0.39 is 11.9 Å². The largest absolute Gasteiger partial charge is 0.495 e. The number of carbonyl (C=O) groups is 2. The second kappa shape index (κ2) is 8.84. The van der Waals surface area contributed by atoms with Gasteiger partial charge in [-0.15, -0.1) is 0 Å². The van der Waals surface area contributed by atoms with Gasteiger partial charge >= 0.3 is 5.97 Å². The van der Waals surface area contributed by atoms with Crippen LogP contribution in [-0.2, 0) is 20.9 Å². The Balaban J connectivity index is 1.69. The number of halogens is 1. The molecule has 0 N–H and O–H groups in total. The molecule has 0 aliphatic carbocycles. The highest BCUT2D eigenvalue weighted by atomic mass is 35.5. The molecule has 29 heavy (non-hydrogen) atoms. The molecular weight excluding hydrogens is 396 g/mol. The molecule has 1 atom stereocenters. The van der Waals surface area contributed by atoms with Gasteiger partial charge in [0.1, 0.15) is 18.1 Å². The summed E-state index contributed by atoms with van der Waals surface area (Å²) in [6, 6.07) is 12.0. The SMILES string of the molecule is COc1cc(OC)c(N2C[C@@H](C(=O)OCc3ccc(C#N)cc3)CC2=O)cc1Cl.